The van der Waals surface area contributed by atoms with E-state index in [0.29, 0.717) is 10.7 Å². The van der Waals surface area contributed by atoms with E-state index in [2.05, 4.69) is 20.0 Å². The Morgan fingerprint density at radius 3 is 2.64 bits per heavy atom. The second-order valence-corrected chi connectivity index (χ2v) is 8.66. The van der Waals surface area contributed by atoms with Gasteiger partial charge in [0.05, 0.1) is 10.6 Å². The number of aliphatic imine (C=N–C) groups is 1. The number of thiazole rings is 1. The molecule has 2 heterocycles. The van der Waals surface area contributed by atoms with Crippen LogP contribution in [-0.2, 0) is 14.8 Å². The van der Waals surface area contributed by atoms with Gasteiger partial charge in [-0.15, -0.1) is 11.3 Å². The molecule has 0 saturated heterocycles. The molecule has 9 heteroatoms. The Balaban J connectivity index is 1.51. The number of sulfonamides is 1. The molecule has 1 aliphatic rings. The molecule has 0 aliphatic carbocycles. The van der Waals surface area contributed by atoms with Gasteiger partial charge in [-0.3, -0.25) is 14.5 Å². The highest BCUT2D eigenvalue weighted by Gasteiger charge is 2.31. The van der Waals surface area contributed by atoms with Gasteiger partial charge >= 0.3 is 0 Å². The quantitative estimate of drug-likeness (QED) is 0.688. The molecule has 0 bridgehead atoms. The van der Waals surface area contributed by atoms with Crippen molar-refractivity contribution in [1.29, 1.82) is 0 Å². The van der Waals surface area contributed by atoms with Gasteiger partial charge in [-0.05, 0) is 19.1 Å². The van der Waals surface area contributed by atoms with Crippen LogP contribution in [0.3, 0.4) is 0 Å². The lowest BCUT2D eigenvalue weighted by atomic mass is 10.2. The van der Waals surface area contributed by atoms with Crippen LogP contribution in [-0.4, -0.2) is 31.2 Å². The predicted octanol–water partition coefficient (Wildman–Crippen LogP) is 2.88. The van der Waals surface area contributed by atoms with E-state index in [9.17, 15) is 13.2 Å². The molecular formula is C19H16N4O3S2. The summed E-state index contributed by atoms with van der Waals surface area (Å²) in [6.07, 6.45) is 0. The lowest BCUT2D eigenvalue weighted by Crippen LogP contribution is -2.28. The first-order chi connectivity index (χ1) is 13.4. The maximum atomic E-state index is 12.5. The van der Waals surface area contributed by atoms with E-state index in [-0.39, 0.29) is 16.6 Å². The maximum Gasteiger partial charge on any atom is 0.263 e. The second-order valence-electron chi connectivity index (χ2n) is 6.15. The number of aromatic nitrogens is 1. The number of hydrogen-bond donors (Lipinski definition) is 2. The smallest absolute Gasteiger partial charge is 0.263 e. The van der Waals surface area contributed by atoms with Gasteiger partial charge in [-0.2, -0.15) is 0 Å². The summed E-state index contributed by atoms with van der Waals surface area (Å²) in [7, 11) is -3.64. The minimum atomic E-state index is -3.64. The lowest BCUT2D eigenvalue weighted by Gasteiger charge is -2.07. The van der Waals surface area contributed by atoms with Gasteiger partial charge in [0.15, 0.2) is 5.13 Å². The van der Waals surface area contributed by atoms with Crippen molar-refractivity contribution in [3.63, 3.8) is 0 Å². The Labute approximate surface area is 166 Å². The minimum Gasteiger partial charge on any atom is -0.300 e. The van der Waals surface area contributed by atoms with Gasteiger partial charge in [-0.1, -0.05) is 42.5 Å². The molecule has 1 aliphatic heterocycles. The number of fused-ring (bicyclic) bond motifs is 1. The van der Waals surface area contributed by atoms with Crippen molar-refractivity contribution in [3.05, 3.63) is 65.5 Å². The lowest BCUT2D eigenvalue weighted by molar-refractivity contribution is -0.117. The van der Waals surface area contributed by atoms with Crippen LogP contribution < -0.4 is 10.0 Å². The number of nitrogens with zero attached hydrogens (tertiary/aromatic N) is 2. The first-order valence-corrected chi connectivity index (χ1v) is 10.8. The first kappa shape index (κ1) is 18.3. The summed E-state index contributed by atoms with van der Waals surface area (Å²) < 4.78 is 26.7. The number of benzene rings is 2. The predicted molar refractivity (Wildman–Crippen MR) is 109 cm³/mol. The Morgan fingerprint density at radius 2 is 1.86 bits per heavy atom. The van der Waals surface area contributed by atoms with E-state index < -0.39 is 16.1 Å². The minimum absolute atomic E-state index is 0.161. The molecule has 4 rings (SSSR count). The summed E-state index contributed by atoms with van der Waals surface area (Å²) in [4.78, 5) is 21.3. The summed E-state index contributed by atoms with van der Waals surface area (Å²) in [5, 5.41) is 5.06. The molecule has 1 amide bonds. The number of hydrogen-bond acceptors (Lipinski definition) is 6. The monoisotopic (exact) mass is 412 g/mol. The largest absolute Gasteiger partial charge is 0.300 e. The molecule has 0 radical (unpaired) electrons. The number of amides is 1. The molecule has 2 N–H and O–H groups in total. The van der Waals surface area contributed by atoms with Gasteiger partial charge in [-0.25, -0.2) is 13.4 Å². The van der Waals surface area contributed by atoms with Crippen LogP contribution >= 0.6 is 11.3 Å². The first-order valence-electron chi connectivity index (χ1n) is 8.46. The molecular weight excluding hydrogens is 396 g/mol. The SMILES string of the molecule is CC(N=C1NS(=O)(=O)c2ccccc21)C(=O)Nc1nc(-c2ccccc2)cs1. The molecule has 2 aromatic carbocycles. The van der Waals surface area contributed by atoms with E-state index in [0.717, 1.165) is 11.3 Å². The highest BCUT2D eigenvalue weighted by atomic mass is 32.2. The number of nitrogens with one attached hydrogen (secondary N) is 2. The third-order valence-corrected chi connectivity index (χ3v) is 6.32. The molecule has 7 nitrogen and oxygen atoms in total. The van der Waals surface area contributed by atoms with Crippen molar-refractivity contribution >= 4 is 38.2 Å². The molecule has 1 atom stereocenters. The number of amidine groups is 1. The average molecular weight is 412 g/mol. The zero-order valence-corrected chi connectivity index (χ0v) is 16.4. The van der Waals surface area contributed by atoms with Crippen LogP contribution in [0.25, 0.3) is 11.3 Å². The van der Waals surface area contributed by atoms with Crippen LogP contribution in [0, 0.1) is 0 Å². The van der Waals surface area contributed by atoms with E-state index in [4.69, 9.17) is 0 Å². The molecule has 0 fully saturated rings. The van der Waals surface area contributed by atoms with Gasteiger partial charge in [0.1, 0.15) is 11.9 Å². The molecule has 28 heavy (non-hydrogen) atoms. The highest BCUT2D eigenvalue weighted by molar-refractivity contribution is 7.90. The summed E-state index contributed by atoms with van der Waals surface area (Å²) in [5.74, 6) is -0.201. The van der Waals surface area contributed by atoms with E-state index in [1.165, 1.54) is 17.4 Å². The normalized spacial score (nSPS) is 17.0. The third-order valence-electron chi connectivity index (χ3n) is 4.17. The maximum absolute atomic E-state index is 12.5. The van der Waals surface area contributed by atoms with Gasteiger partial charge in [0.2, 0.25) is 0 Å². The molecule has 1 unspecified atom stereocenters. The summed E-state index contributed by atoms with van der Waals surface area (Å²) in [6, 6.07) is 15.4. The van der Waals surface area contributed by atoms with E-state index >= 15 is 0 Å². The number of carbonyl (C=O) groups excluding carboxylic acids is 1. The number of rotatable bonds is 4. The molecule has 0 spiro atoms. The Morgan fingerprint density at radius 1 is 1.14 bits per heavy atom. The molecule has 3 aromatic rings. The standard InChI is InChI=1S/C19H16N4O3S2/c1-12(20-17-14-9-5-6-10-16(14)28(25,26)23-17)18(24)22-19-21-15(11-27-19)13-7-3-2-4-8-13/h2-12H,1H3,(H,20,23)(H,21,22,24). The van der Waals surface area contributed by atoms with Crippen LogP contribution in [0.5, 0.6) is 0 Å². The summed E-state index contributed by atoms with van der Waals surface area (Å²) >= 11 is 1.32. The van der Waals surface area contributed by atoms with E-state index in [1.54, 1.807) is 25.1 Å². The Kier molecular flexibility index (Phi) is 4.70. The van der Waals surface area contributed by atoms with Crippen molar-refractivity contribution < 1.29 is 13.2 Å². The third kappa shape index (κ3) is 3.54. The van der Waals surface area contributed by atoms with Crippen molar-refractivity contribution in [2.75, 3.05) is 5.32 Å². The molecule has 1 aromatic heterocycles. The Bertz CT molecular complexity index is 1170. The van der Waals surface area contributed by atoms with Gasteiger partial charge in [0.25, 0.3) is 15.9 Å². The average Bonchev–Trinajstić information content (AvgIpc) is 3.25. The van der Waals surface area contributed by atoms with Crippen molar-refractivity contribution in [3.8, 4) is 11.3 Å². The fraction of sp³-hybridized carbons (Fsp3) is 0.105. The zero-order chi connectivity index (χ0) is 19.7. The van der Waals surface area contributed by atoms with Crippen LogP contribution in [0.1, 0.15) is 12.5 Å². The Hall–Kier alpha value is -3.04. The zero-order valence-electron chi connectivity index (χ0n) is 14.8. The highest BCUT2D eigenvalue weighted by Crippen LogP contribution is 2.25. The molecule has 142 valence electrons. The second kappa shape index (κ2) is 7.17. The fourth-order valence-corrected chi connectivity index (χ4v) is 4.73. The van der Waals surface area contributed by atoms with Crippen LogP contribution in [0.4, 0.5) is 5.13 Å². The topological polar surface area (TPSA) is 101 Å². The van der Waals surface area contributed by atoms with Crippen molar-refractivity contribution in [1.82, 2.24) is 9.71 Å². The van der Waals surface area contributed by atoms with Gasteiger partial charge < -0.3 is 5.32 Å². The number of carbonyl (C=O) groups is 1. The summed E-state index contributed by atoms with van der Waals surface area (Å²) in [5.41, 5.74) is 2.20. The van der Waals surface area contributed by atoms with Crippen molar-refractivity contribution in [2.24, 2.45) is 4.99 Å². The van der Waals surface area contributed by atoms with Crippen LogP contribution in [0.15, 0.2) is 69.9 Å². The van der Waals surface area contributed by atoms with Crippen LogP contribution in [0.2, 0.25) is 0 Å². The fourth-order valence-electron chi connectivity index (χ4n) is 2.76. The van der Waals surface area contributed by atoms with E-state index in [1.807, 2.05) is 35.7 Å². The van der Waals surface area contributed by atoms with Gasteiger partial charge in [0, 0.05) is 16.5 Å². The molecule has 0 saturated carbocycles. The number of anilines is 1. The summed E-state index contributed by atoms with van der Waals surface area (Å²) in [6.45, 7) is 1.60. The van der Waals surface area contributed by atoms with Crippen molar-refractivity contribution in [2.45, 2.75) is 17.9 Å².